The normalized spacial score (nSPS) is 12.7. The first-order valence-corrected chi connectivity index (χ1v) is 8.73. The van der Waals surface area contributed by atoms with Gasteiger partial charge in [-0.3, -0.25) is 4.79 Å². The van der Waals surface area contributed by atoms with E-state index in [1.54, 1.807) is 18.2 Å². The molecule has 2 aromatic rings. The lowest BCUT2D eigenvalue weighted by atomic mass is 10.2. The van der Waals surface area contributed by atoms with Crippen LogP contribution in [-0.4, -0.2) is 24.9 Å². The van der Waals surface area contributed by atoms with E-state index in [0.717, 1.165) is 11.3 Å². The Labute approximate surface area is 144 Å². The van der Waals surface area contributed by atoms with E-state index in [4.69, 9.17) is 9.47 Å². The summed E-state index contributed by atoms with van der Waals surface area (Å²) in [6.07, 6.45) is 0.337. The summed E-state index contributed by atoms with van der Waals surface area (Å²) in [5.41, 5.74) is 0.953. The number of rotatable bonds is 6. The number of ether oxygens (including phenoxy) is 2. The Morgan fingerprint density at radius 1 is 1.12 bits per heavy atom. The Morgan fingerprint density at radius 2 is 1.92 bits per heavy atom. The van der Waals surface area contributed by atoms with Crippen molar-refractivity contribution in [3.63, 3.8) is 0 Å². The molecule has 0 spiro atoms. The van der Waals surface area contributed by atoms with Gasteiger partial charge in [0.05, 0.1) is 0 Å². The monoisotopic (exact) mass is 347 g/mol. The average Bonchev–Trinajstić information content (AvgIpc) is 2.61. The largest absolute Gasteiger partial charge is 0.486 e. The van der Waals surface area contributed by atoms with E-state index >= 15 is 0 Å². The van der Waals surface area contributed by atoms with Gasteiger partial charge in [0, 0.05) is 23.6 Å². The molecular weight excluding hydrogens is 329 g/mol. The zero-order valence-electron chi connectivity index (χ0n) is 13.1. The quantitative estimate of drug-likeness (QED) is 0.814. The molecule has 1 N–H and O–H groups in total. The Bertz CT molecular complexity index is 723. The van der Waals surface area contributed by atoms with Crippen LogP contribution in [0.3, 0.4) is 0 Å². The van der Waals surface area contributed by atoms with Crippen LogP contribution in [-0.2, 0) is 11.3 Å². The standard InChI is InChI=1S/C18H18FNO3S/c19-14-3-1-2-4-17(14)24-10-7-18(21)20-12-13-5-6-15-16(11-13)23-9-8-22-15/h1-6,11H,7-10,12H2,(H,20,21). The maximum atomic E-state index is 13.5. The summed E-state index contributed by atoms with van der Waals surface area (Å²) in [5.74, 6) is 1.67. The predicted octanol–water partition coefficient (Wildman–Crippen LogP) is 3.40. The summed E-state index contributed by atoms with van der Waals surface area (Å²) in [6, 6.07) is 12.2. The molecule has 1 heterocycles. The van der Waals surface area contributed by atoms with Gasteiger partial charge in [0.1, 0.15) is 19.0 Å². The highest BCUT2D eigenvalue weighted by atomic mass is 32.2. The topological polar surface area (TPSA) is 47.6 Å². The third kappa shape index (κ3) is 4.41. The molecule has 2 aromatic carbocycles. The number of carbonyl (C=O) groups excluding carboxylic acids is 1. The minimum Gasteiger partial charge on any atom is -0.486 e. The van der Waals surface area contributed by atoms with Crippen molar-refractivity contribution in [2.75, 3.05) is 19.0 Å². The van der Waals surface area contributed by atoms with E-state index in [1.807, 2.05) is 18.2 Å². The fourth-order valence-electron chi connectivity index (χ4n) is 2.30. The van der Waals surface area contributed by atoms with E-state index in [1.165, 1.54) is 17.8 Å². The number of halogens is 1. The van der Waals surface area contributed by atoms with Gasteiger partial charge in [-0.15, -0.1) is 11.8 Å². The van der Waals surface area contributed by atoms with E-state index in [-0.39, 0.29) is 11.7 Å². The van der Waals surface area contributed by atoms with Crippen molar-refractivity contribution in [2.45, 2.75) is 17.9 Å². The van der Waals surface area contributed by atoms with Crippen molar-refractivity contribution < 1.29 is 18.7 Å². The first-order chi connectivity index (χ1) is 11.7. The van der Waals surface area contributed by atoms with Gasteiger partial charge < -0.3 is 14.8 Å². The molecular formula is C18H18FNO3S. The molecule has 0 unspecified atom stereocenters. The highest BCUT2D eigenvalue weighted by Crippen LogP contribution is 2.30. The molecule has 126 valence electrons. The second-order valence-electron chi connectivity index (χ2n) is 5.28. The Balaban J connectivity index is 1.43. The lowest BCUT2D eigenvalue weighted by Crippen LogP contribution is -2.23. The van der Waals surface area contributed by atoms with E-state index in [9.17, 15) is 9.18 Å². The number of amides is 1. The number of carbonyl (C=O) groups is 1. The maximum Gasteiger partial charge on any atom is 0.221 e. The number of fused-ring (bicyclic) bond motifs is 1. The van der Waals surface area contributed by atoms with Crippen LogP contribution in [0.1, 0.15) is 12.0 Å². The zero-order chi connectivity index (χ0) is 16.8. The zero-order valence-corrected chi connectivity index (χ0v) is 13.9. The van der Waals surface area contributed by atoms with Gasteiger partial charge in [-0.2, -0.15) is 0 Å². The van der Waals surface area contributed by atoms with Gasteiger partial charge in [0.2, 0.25) is 5.91 Å². The van der Waals surface area contributed by atoms with Crippen molar-refractivity contribution in [1.82, 2.24) is 5.32 Å². The number of thioether (sulfide) groups is 1. The Kier molecular flexibility index (Phi) is 5.59. The molecule has 1 aliphatic heterocycles. The van der Waals surface area contributed by atoms with Crippen LogP contribution in [0.15, 0.2) is 47.4 Å². The number of hydrogen-bond acceptors (Lipinski definition) is 4. The van der Waals surface area contributed by atoms with Crippen LogP contribution in [0.2, 0.25) is 0 Å². The van der Waals surface area contributed by atoms with Crippen molar-refractivity contribution in [3.8, 4) is 11.5 Å². The molecule has 0 fully saturated rings. The van der Waals surface area contributed by atoms with Crippen molar-refractivity contribution in [3.05, 3.63) is 53.8 Å². The third-order valence-electron chi connectivity index (χ3n) is 3.52. The van der Waals surface area contributed by atoms with Gasteiger partial charge in [0.25, 0.3) is 0 Å². The van der Waals surface area contributed by atoms with Gasteiger partial charge in [-0.05, 0) is 29.8 Å². The molecule has 1 amide bonds. The summed E-state index contributed by atoms with van der Waals surface area (Å²) in [5, 5.41) is 2.86. The second-order valence-corrected chi connectivity index (χ2v) is 6.42. The van der Waals surface area contributed by atoms with E-state index < -0.39 is 0 Å². The lowest BCUT2D eigenvalue weighted by Gasteiger charge is -2.19. The van der Waals surface area contributed by atoms with E-state index in [2.05, 4.69) is 5.32 Å². The van der Waals surface area contributed by atoms with Gasteiger partial charge in [-0.1, -0.05) is 18.2 Å². The van der Waals surface area contributed by atoms with Crippen molar-refractivity contribution in [2.24, 2.45) is 0 Å². The highest BCUT2D eigenvalue weighted by molar-refractivity contribution is 7.99. The first-order valence-electron chi connectivity index (χ1n) is 7.75. The van der Waals surface area contributed by atoms with Crippen LogP contribution in [0.4, 0.5) is 4.39 Å². The smallest absolute Gasteiger partial charge is 0.221 e. The summed E-state index contributed by atoms with van der Waals surface area (Å²) < 4.78 is 24.5. The Morgan fingerprint density at radius 3 is 2.75 bits per heavy atom. The van der Waals surface area contributed by atoms with Gasteiger partial charge in [0.15, 0.2) is 11.5 Å². The fourth-order valence-corrected chi connectivity index (χ4v) is 3.19. The summed E-state index contributed by atoms with van der Waals surface area (Å²) in [4.78, 5) is 12.5. The third-order valence-corrected chi connectivity index (χ3v) is 4.57. The molecule has 0 aliphatic carbocycles. The molecule has 0 bridgehead atoms. The number of nitrogens with one attached hydrogen (secondary N) is 1. The average molecular weight is 347 g/mol. The Hall–Kier alpha value is -2.21. The van der Waals surface area contributed by atoms with E-state index in [0.29, 0.717) is 42.6 Å². The summed E-state index contributed by atoms with van der Waals surface area (Å²) in [7, 11) is 0. The molecule has 0 aromatic heterocycles. The molecule has 1 aliphatic rings. The summed E-state index contributed by atoms with van der Waals surface area (Å²) >= 11 is 1.34. The molecule has 24 heavy (non-hydrogen) atoms. The van der Waals surface area contributed by atoms with Crippen LogP contribution in [0.5, 0.6) is 11.5 Å². The minimum absolute atomic E-state index is 0.0614. The molecule has 4 nitrogen and oxygen atoms in total. The molecule has 0 saturated carbocycles. The first kappa shape index (κ1) is 16.6. The molecule has 3 rings (SSSR count). The highest BCUT2D eigenvalue weighted by Gasteiger charge is 2.12. The van der Waals surface area contributed by atoms with Crippen LogP contribution in [0, 0.1) is 5.82 Å². The number of hydrogen-bond donors (Lipinski definition) is 1. The van der Waals surface area contributed by atoms with Gasteiger partial charge >= 0.3 is 0 Å². The fraction of sp³-hybridized carbons (Fsp3) is 0.278. The predicted molar refractivity (Wildman–Crippen MR) is 91.0 cm³/mol. The molecule has 0 saturated heterocycles. The molecule has 6 heteroatoms. The second kappa shape index (κ2) is 8.06. The molecule has 0 radical (unpaired) electrons. The SMILES string of the molecule is O=C(CCSc1ccccc1F)NCc1ccc2c(c1)OCCO2. The minimum atomic E-state index is -0.251. The lowest BCUT2D eigenvalue weighted by molar-refractivity contribution is -0.120. The maximum absolute atomic E-state index is 13.5. The van der Waals surface area contributed by atoms with Crippen LogP contribution in [0.25, 0.3) is 0 Å². The van der Waals surface area contributed by atoms with Crippen molar-refractivity contribution in [1.29, 1.82) is 0 Å². The van der Waals surface area contributed by atoms with Crippen molar-refractivity contribution >= 4 is 17.7 Å². The van der Waals surface area contributed by atoms with Crippen LogP contribution < -0.4 is 14.8 Å². The number of benzene rings is 2. The molecule has 0 atom stereocenters. The summed E-state index contributed by atoms with van der Waals surface area (Å²) in [6.45, 7) is 1.53. The van der Waals surface area contributed by atoms with Gasteiger partial charge in [-0.25, -0.2) is 4.39 Å². The van der Waals surface area contributed by atoms with Crippen LogP contribution >= 0.6 is 11.8 Å².